The van der Waals surface area contributed by atoms with Gasteiger partial charge in [0.2, 0.25) is 0 Å². The summed E-state index contributed by atoms with van der Waals surface area (Å²) in [6.45, 7) is 0. The SMILES string of the molecule is Oc1ccc(O)c(-c2cccc3snnc23)c1. The molecule has 17 heavy (non-hydrogen) atoms. The zero-order valence-corrected chi connectivity index (χ0v) is 9.48. The van der Waals surface area contributed by atoms with Crippen molar-refractivity contribution in [3.63, 3.8) is 0 Å². The molecule has 0 radical (unpaired) electrons. The van der Waals surface area contributed by atoms with Gasteiger partial charge < -0.3 is 10.2 Å². The molecule has 4 nitrogen and oxygen atoms in total. The Morgan fingerprint density at radius 3 is 2.76 bits per heavy atom. The van der Waals surface area contributed by atoms with Gasteiger partial charge in [0.15, 0.2) is 0 Å². The number of phenols is 2. The van der Waals surface area contributed by atoms with E-state index in [1.807, 2.05) is 18.2 Å². The van der Waals surface area contributed by atoms with Gasteiger partial charge in [-0.1, -0.05) is 16.6 Å². The maximum Gasteiger partial charge on any atom is 0.123 e. The zero-order valence-electron chi connectivity index (χ0n) is 8.66. The van der Waals surface area contributed by atoms with Gasteiger partial charge in [0.25, 0.3) is 0 Å². The number of aromatic nitrogens is 2. The highest BCUT2D eigenvalue weighted by Crippen LogP contribution is 2.36. The Morgan fingerprint density at radius 2 is 1.88 bits per heavy atom. The molecule has 0 fully saturated rings. The van der Waals surface area contributed by atoms with Gasteiger partial charge >= 0.3 is 0 Å². The van der Waals surface area contributed by atoms with Crippen LogP contribution in [0, 0.1) is 0 Å². The summed E-state index contributed by atoms with van der Waals surface area (Å²) in [7, 11) is 0. The lowest BCUT2D eigenvalue weighted by molar-refractivity contribution is 0.462. The molecule has 0 saturated carbocycles. The topological polar surface area (TPSA) is 66.2 Å². The second-order valence-electron chi connectivity index (χ2n) is 3.63. The summed E-state index contributed by atoms with van der Waals surface area (Å²) in [5.41, 5.74) is 2.06. The van der Waals surface area contributed by atoms with Crippen molar-refractivity contribution in [2.75, 3.05) is 0 Å². The first-order valence-corrected chi connectivity index (χ1v) is 5.76. The monoisotopic (exact) mass is 244 g/mol. The molecule has 0 unspecified atom stereocenters. The van der Waals surface area contributed by atoms with Crippen LogP contribution < -0.4 is 0 Å². The van der Waals surface area contributed by atoms with E-state index in [2.05, 4.69) is 9.59 Å². The number of nitrogens with zero attached hydrogens (tertiary/aromatic N) is 2. The molecule has 0 amide bonds. The van der Waals surface area contributed by atoms with E-state index >= 15 is 0 Å². The fourth-order valence-corrected chi connectivity index (χ4v) is 2.35. The lowest BCUT2D eigenvalue weighted by Gasteiger charge is -2.05. The summed E-state index contributed by atoms with van der Waals surface area (Å²) in [5, 5.41) is 23.3. The minimum atomic E-state index is 0.109. The van der Waals surface area contributed by atoms with Gasteiger partial charge in [0.05, 0.1) is 4.70 Å². The van der Waals surface area contributed by atoms with Crippen LogP contribution in [0.15, 0.2) is 36.4 Å². The summed E-state index contributed by atoms with van der Waals surface area (Å²) in [6, 6.07) is 10.1. The molecule has 2 N–H and O–H groups in total. The van der Waals surface area contributed by atoms with Gasteiger partial charge in [-0.3, -0.25) is 0 Å². The molecule has 0 bridgehead atoms. The molecule has 1 heterocycles. The average molecular weight is 244 g/mol. The molecule has 3 aromatic rings. The van der Waals surface area contributed by atoms with Crippen LogP contribution in [0.25, 0.3) is 21.3 Å². The average Bonchev–Trinajstić information content (AvgIpc) is 2.80. The highest BCUT2D eigenvalue weighted by Gasteiger charge is 2.11. The Hall–Kier alpha value is -2.14. The first-order chi connectivity index (χ1) is 8.25. The van der Waals surface area contributed by atoms with Gasteiger partial charge in [0, 0.05) is 11.1 Å². The number of hydrogen-bond acceptors (Lipinski definition) is 5. The number of benzene rings is 2. The Morgan fingerprint density at radius 1 is 1.00 bits per heavy atom. The molecular weight excluding hydrogens is 236 g/mol. The molecule has 0 saturated heterocycles. The Bertz CT molecular complexity index is 694. The van der Waals surface area contributed by atoms with E-state index in [9.17, 15) is 10.2 Å². The van der Waals surface area contributed by atoms with Gasteiger partial charge in [0.1, 0.15) is 17.0 Å². The Balaban J connectivity index is 2.34. The molecule has 0 spiro atoms. The van der Waals surface area contributed by atoms with E-state index in [0.717, 1.165) is 15.8 Å². The minimum absolute atomic E-state index is 0.109. The highest BCUT2D eigenvalue weighted by molar-refractivity contribution is 7.13. The normalized spacial score (nSPS) is 10.8. The van der Waals surface area contributed by atoms with Crippen molar-refractivity contribution in [1.29, 1.82) is 0 Å². The van der Waals surface area contributed by atoms with E-state index in [1.54, 1.807) is 0 Å². The van der Waals surface area contributed by atoms with Crippen molar-refractivity contribution in [2.45, 2.75) is 0 Å². The third-order valence-corrected chi connectivity index (χ3v) is 3.24. The Kier molecular flexibility index (Phi) is 2.19. The van der Waals surface area contributed by atoms with Crippen molar-refractivity contribution in [3.8, 4) is 22.6 Å². The molecule has 0 atom stereocenters. The van der Waals surface area contributed by atoms with Gasteiger partial charge in [-0.05, 0) is 35.8 Å². The standard InChI is InChI=1S/C12H8N2O2S/c15-7-4-5-10(16)9(6-7)8-2-1-3-11-12(8)13-14-17-11/h1-6,15-16H. The quantitative estimate of drug-likeness (QED) is 0.646. The van der Waals surface area contributed by atoms with Crippen LogP contribution in [0.5, 0.6) is 11.5 Å². The zero-order chi connectivity index (χ0) is 11.8. The van der Waals surface area contributed by atoms with Gasteiger partial charge in [-0.25, -0.2) is 0 Å². The lowest BCUT2D eigenvalue weighted by Crippen LogP contribution is -1.82. The first-order valence-electron chi connectivity index (χ1n) is 4.99. The van der Waals surface area contributed by atoms with Crippen molar-refractivity contribution in [2.24, 2.45) is 0 Å². The number of fused-ring (bicyclic) bond motifs is 1. The van der Waals surface area contributed by atoms with Crippen molar-refractivity contribution >= 4 is 21.7 Å². The second kappa shape index (κ2) is 3.71. The van der Waals surface area contributed by atoms with Gasteiger partial charge in [-0.2, -0.15) is 0 Å². The number of hydrogen-bond donors (Lipinski definition) is 2. The Labute approximate surface area is 101 Å². The summed E-state index contributed by atoms with van der Waals surface area (Å²) in [4.78, 5) is 0. The van der Waals surface area contributed by atoms with Crippen molar-refractivity contribution in [1.82, 2.24) is 9.59 Å². The number of rotatable bonds is 1. The summed E-state index contributed by atoms with van der Waals surface area (Å²) < 4.78 is 4.84. The predicted octanol–water partition coefficient (Wildman–Crippen LogP) is 2.77. The predicted molar refractivity (Wildman–Crippen MR) is 66.2 cm³/mol. The fourth-order valence-electron chi connectivity index (χ4n) is 1.76. The molecule has 0 aliphatic rings. The van der Waals surface area contributed by atoms with E-state index in [1.165, 1.54) is 29.7 Å². The van der Waals surface area contributed by atoms with Crippen molar-refractivity contribution in [3.05, 3.63) is 36.4 Å². The largest absolute Gasteiger partial charge is 0.508 e. The lowest BCUT2D eigenvalue weighted by atomic mass is 10.0. The molecule has 2 aromatic carbocycles. The molecule has 0 aliphatic carbocycles. The van der Waals surface area contributed by atoms with E-state index in [0.29, 0.717) is 5.56 Å². The molecule has 1 aromatic heterocycles. The highest BCUT2D eigenvalue weighted by atomic mass is 32.1. The maximum absolute atomic E-state index is 9.83. The molecular formula is C12H8N2O2S. The second-order valence-corrected chi connectivity index (χ2v) is 4.41. The van der Waals surface area contributed by atoms with Crippen LogP contribution in [-0.2, 0) is 0 Å². The van der Waals surface area contributed by atoms with E-state index < -0.39 is 0 Å². The third kappa shape index (κ3) is 1.60. The fraction of sp³-hybridized carbons (Fsp3) is 0. The maximum atomic E-state index is 9.83. The number of phenolic OH excluding ortho intramolecular Hbond substituents is 2. The minimum Gasteiger partial charge on any atom is -0.508 e. The van der Waals surface area contributed by atoms with E-state index in [4.69, 9.17) is 0 Å². The van der Waals surface area contributed by atoms with Crippen molar-refractivity contribution < 1.29 is 10.2 Å². The molecule has 84 valence electrons. The van der Waals surface area contributed by atoms with Crippen LogP contribution >= 0.6 is 11.5 Å². The van der Waals surface area contributed by atoms with Crippen LogP contribution in [0.2, 0.25) is 0 Å². The van der Waals surface area contributed by atoms with E-state index in [-0.39, 0.29) is 11.5 Å². The number of aromatic hydroxyl groups is 2. The smallest absolute Gasteiger partial charge is 0.123 e. The first kappa shape index (κ1) is 10.0. The van der Waals surface area contributed by atoms with Gasteiger partial charge in [-0.15, -0.1) is 5.10 Å². The van der Waals surface area contributed by atoms with Crippen LogP contribution in [0.4, 0.5) is 0 Å². The van der Waals surface area contributed by atoms with Crippen LogP contribution in [0.3, 0.4) is 0 Å². The molecule has 5 heteroatoms. The van der Waals surface area contributed by atoms with Crippen LogP contribution in [0.1, 0.15) is 0 Å². The molecule has 3 rings (SSSR count). The molecule has 0 aliphatic heterocycles. The van der Waals surface area contributed by atoms with Crippen LogP contribution in [-0.4, -0.2) is 19.8 Å². The summed E-state index contributed by atoms with van der Waals surface area (Å²) in [5.74, 6) is 0.223. The summed E-state index contributed by atoms with van der Waals surface area (Å²) >= 11 is 1.30. The third-order valence-electron chi connectivity index (χ3n) is 2.55. The summed E-state index contributed by atoms with van der Waals surface area (Å²) in [6.07, 6.45) is 0.